The van der Waals surface area contributed by atoms with Crippen molar-refractivity contribution in [1.82, 2.24) is 5.32 Å². The van der Waals surface area contributed by atoms with E-state index in [1.807, 2.05) is 24.8 Å². The largest absolute Gasteiger partial charge is 0.435 e. The minimum Gasteiger partial charge on any atom is -0.435 e. The van der Waals surface area contributed by atoms with Crippen LogP contribution in [0.2, 0.25) is 0 Å². The zero-order valence-electron chi connectivity index (χ0n) is 11.9. The van der Waals surface area contributed by atoms with Gasteiger partial charge in [0.2, 0.25) is 0 Å². The first kappa shape index (κ1) is 15.6. The van der Waals surface area contributed by atoms with E-state index in [1.165, 1.54) is 19.3 Å². The minimum atomic E-state index is -2.77. The normalized spacial score (nSPS) is 18.6. The lowest BCUT2D eigenvalue weighted by molar-refractivity contribution is -0.0499. The Morgan fingerprint density at radius 1 is 1.40 bits per heavy atom. The molecule has 5 heteroatoms. The van der Waals surface area contributed by atoms with E-state index in [2.05, 4.69) is 16.3 Å². The lowest BCUT2D eigenvalue weighted by atomic mass is 9.84. The predicted molar refractivity (Wildman–Crippen MR) is 79.6 cm³/mol. The summed E-state index contributed by atoms with van der Waals surface area (Å²) in [6.07, 6.45) is 5.96. The Morgan fingerprint density at radius 2 is 2.15 bits per heavy atom. The first-order valence-corrected chi connectivity index (χ1v) is 8.10. The Balaban J connectivity index is 1.93. The summed E-state index contributed by atoms with van der Waals surface area (Å²) in [6, 6.07) is 7.04. The molecule has 1 aromatic rings. The smallest absolute Gasteiger partial charge is 0.387 e. The maximum atomic E-state index is 12.2. The van der Waals surface area contributed by atoms with Gasteiger partial charge >= 0.3 is 6.61 Å². The number of hydrogen-bond acceptors (Lipinski definition) is 3. The monoisotopic (exact) mass is 301 g/mol. The molecule has 1 saturated carbocycles. The van der Waals surface area contributed by atoms with E-state index in [-0.39, 0.29) is 11.8 Å². The van der Waals surface area contributed by atoms with Crippen molar-refractivity contribution in [2.75, 3.05) is 12.8 Å². The van der Waals surface area contributed by atoms with Gasteiger partial charge in [-0.25, -0.2) is 0 Å². The standard InChI is InChI=1S/C15H21F2NOS/c1-11(18-10-15(20-2)7-4-8-15)12-5-3-6-13(9-12)19-14(16)17/h3,5-6,9,11,14,18H,4,7-8,10H2,1-2H3. The summed E-state index contributed by atoms with van der Waals surface area (Å²) < 4.78 is 29.2. The molecule has 0 heterocycles. The highest BCUT2D eigenvalue weighted by Crippen LogP contribution is 2.42. The first-order chi connectivity index (χ1) is 9.54. The van der Waals surface area contributed by atoms with Crippen molar-refractivity contribution >= 4 is 11.8 Å². The van der Waals surface area contributed by atoms with Gasteiger partial charge in [-0.15, -0.1) is 0 Å². The van der Waals surface area contributed by atoms with E-state index in [4.69, 9.17) is 0 Å². The third-order valence-electron chi connectivity index (χ3n) is 4.01. The van der Waals surface area contributed by atoms with Crippen LogP contribution >= 0.6 is 11.8 Å². The van der Waals surface area contributed by atoms with Crippen molar-refractivity contribution in [3.63, 3.8) is 0 Å². The van der Waals surface area contributed by atoms with E-state index in [0.29, 0.717) is 4.75 Å². The average Bonchev–Trinajstić information content (AvgIpc) is 2.37. The Kier molecular flexibility index (Phi) is 5.27. The number of ether oxygens (including phenoxy) is 1. The van der Waals surface area contributed by atoms with Gasteiger partial charge in [0.05, 0.1) is 0 Å². The van der Waals surface area contributed by atoms with Crippen LogP contribution in [0.25, 0.3) is 0 Å². The van der Waals surface area contributed by atoms with Crippen LogP contribution in [-0.2, 0) is 0 Å². The van der Waals surface area contributed by atoms with Gasteiger partial charge in [-0.2, -0.15) is 20.5 Å². The van der Waals surface area contributed by atoms with Gasteiger partial charge in [0.1, 0.15) is 5.75 Å². The van der Waals surface area contributed by atoms with Crippen molar-refractivity contribution in [2.45, 2.75) is 43.6 Å². The molecule has 2 rings (SSSR count). The van der Waals surface area contributed by atoms with Gasteiger partial charge < -0.3 is 10.1 Å². The quantitative estimate of drug-likeness (QED) is 0.814. The highest BCUT2D eigenvalue weighted by Gasteiger charge is 2.35. The number of benzene rings is 1. The zero-order valence-corrected chi connectivity index (χ0v) is 12.7. The SMILES string of the molecule is CSC1(CNC(C)c2cccc(OC(F)F)c2)CCC1. The highest BCUT2D eigenvalue weighted by atomic mass is 32.2. The second-order valence-corrected chi connectivity index (χ2v) is 6.57. The fourth-order valence-electron chi connectivity index (χ4n) is 2.44. The summed E-state index contributed by atoms with van der Waals surface area (Å²) in [7, 11) is 0. The molecule has 0 radical (unpaired) electrons. The number of hydrogen-bond donors (Lipinski definition) is 1. The van der Waals surface area contributed by atoms with Gasteiger partial charge in [0, 0.05) is 17.3 Å². The van der Waals surface area contributed by atoms with Crippen LogP contribution < -0.4 is 10.1 Å². The Hall–Kier alpha value is -0.810. The third-order valence-corrected chi connectivity index (χ3v) is 5.43. The van der Waals surface area contributed by atoms with Crippen LogP contribution in [0.15, 0.2) is 24.3 Å². The predicted octanol–water partition coefficient (Wildman–Crippen LogP) is 4.22. The Bertz CT molecular complexity index is 432. The number of rotatable bonds is 7. The van der Waals surface area contributed by atoms with E-state index < -0.39 is 6.61 Å². The molecule has 0 bridgehead atoms. The maximum absolute atomic E-state index is 12.2. The van der Waals surface area contributed by atoms with Crippen LogP contribution in [-0.4, -0.2) is 24.2 Å². The fraction of sp³-hybridized carbons (Fsp3) is 0.600. The molecule has 1 unspecified atom stereocenters. The van der Waals surface area contributed by atoms with Crippen LogP contribution in [0.5, 0.6) is 5.75 Å². The van der Waals surface area contributed by atoms with Crippen molar-refractivity contribution in [3.05, 3.63) is 29.8 Å². The summed E-state index contributed by atoms with van der Waals surface area (Å²) in [5, 5.41) is 3.51. The molecule has 0 spiro atoms. The molecule has 1 aliphatic rings. The Labute approximate surface area is 123 Å². The second-order valence-electron chi connectivity index (χ2n) is 5.29. The fourth-order valence-corrected chi connectivity index (χ4v) is 3.37. The topological polar surface area (TPSA) is 21.3 Å². The molecule has 1 atom stereocenters. The van der Waals surface area contributed by atoms with Crippen LogP contribution in [0.4, 0.5) is 8.78 Å². The zero-order chi connectivity index (χ0) is 14.6. The Morgan fingerprint density at radius 3 is 2.70 bits per heavy atom. The molecular formula is C15H21F2NOS. The summed E-state index contributed by atoms with van der Waals surface area (Å²) in [5.41, 5.74) is 0.971. The van der Waals surface area contributed by atoms with Gasteiger partial charge in [-0.1, -0.05) is 18.6 Å². The molecule has 0 aliphatic heterocycles. The summed E-state index contributed by atoms with van der Waals surface area (Å²) in [5.74, 6) is 0.217. The van der Waals surface area contributed by atoms with E-state index in [9.17, 15) is 8.78 Å². The number of nitrogens with one attached hydrogen (secondary N) is 1. The van der Waals surface area contributed by atoms with E-state index >= 15 is 0 Å². The summed E-state index contributed by atoms with van der Waals surface area (Å²) in [6.45, 7) is 0.229. The molecule has 0 saturated heterocycles. The van der Waals surface area contributed by atoms with Crippen molar-refractivity contribution in [2.24, 2.45) is 0 Å². The number of thioether (sulfide) groups is 1. The minimum absolute atomic E-state index is 0.126. The molecule has 1 fully saturated rings. The second kappa shape index (κ2) is 6.76. The molecule has 2 nitrogen and oxygen atoms in total. The maximum Gasteiger partial charge on any atom is 0.387 e. The van der Waals surface area contributed by atoms with Gasteiger partial charge in [-0.05, 0) is 43.7 Å². The molecule has 0 amide bonds. The van der Waals surface area contributed by atoms with Crippen molar-refractivity contribution in [3.8, 4) is 5.75 Å². The molecule has 112 valence electrons. The van der Waals surface area contributed by atoms with Gasteiger partial charge in [-0.3, -0.25) is 0 Å². The molecule has 1 aliphatic carbocycles. The van der Waals surface area contributed by atoms with E-state index in [1.54, 1.807) is 18.2 Å². The molecular weight excluding hydrogens is 280 g/mol. The van der Waals surface area contributed by atoms with Crippen molar-refractivity contribution in [1.29, 1.82) is 0 Å². The van der Waals surface area contributed by atoms with Crippen LogP contribution in [0.3, 0.4) is 0 Å². The van der Waals surface area contributed by atoms with E-state index in [0.717, 1.165) is 12.1 Å². The number of alkyl halides is 2. The van der Waals surface area contributed by atoms with Crippen LogP contribution in [0.1, 0.15) is 37.8 Å². The third kappa shape index (κ3) is 3.85. The molecule has 1 N–H and O–H groups in total. The lowest BCUT2D eigenvalue weighted by Gasteiger charge is -2.41. The number of halogens is 2. The van der Waals surface area contributed by atoms with Gasteiger partial charge in [0.25, 0.3) is 0 Å². The lowest BCUT2D eigenvalue weighted by Crippen LogP contribution is -2.43. The van der Waals surface area contributed by atoms with Crippen LogP contribution in [0, 0.1) is 0 Å². The average molecular weight is 301 g/mol. The molecule has 1 aromatic carbocycles. The van der Waals surface area contributed by atoms with Crippen molar-refractivity contribution < 1.29 is 13.5 Å². The van der Waals surface area contributed by atoms with Gasteiger partial charge in [0.15, 0.2) is 0 Å². The summed E-state index contributed by atoms with van der Waals surface area (Å²) >= 11 is 1.92. The first-order valence-electron chi connectivity index (χ1n) is 6.88. The summed E-state index contributed by atoms with van der Waals surface area (Å²) in [4.78, 5) is 0. The molecule has 0 aromatic heterocycles. The highest BCUT2D eigenvalue weighted by molar-refractivity contribution is 8.00. The molecule has 20 heavy (non-hydrogen) atoms.